The van der Waals surface area contributed by atoms with E-state index in [4.69, 9.17) is 15.2 Å². The van der Waals surface area contributed by atoms with Gasteiger partial charge in [0.1, 0.15) is 24.6 Å². The molecule has 0 aromatic heterocycles. The number of esters is 2. The van der Waals surface area contributed by atoms with E-state index in [9.17, 15) is 14.4 Å². The second-order valence-electron chi connectivity index (χ2n) is 5.71. The van der Waals surface area contributed by atoms with Crippen LogP contribution in [-0.2, 0) is 19.1 Å². The Morgan fingerprint density at radius 1 is 1.24 bits per heavy atom. The maximum atomic E-state index is 12.1. The lowest BCUT2D eigenvalue weighted by Crippen LogP contribution is -2.68. The summed E-state index contributed by atoms with van der Waals surface area (Å²) in [5.74, 6) is -0.546. The summed E-state index contributed by atoms with van der Waals surface area (Å²) in [5, 5.41) is -0.168. The lowest BCUT2D eigenvalue weighted by Gasteiger charge is -2.49. The van der Waals surface area contributed by atoms with Crippen LogP contribution in [0, 0.1) is 0 Å². The van der Waals surface area contributed by atoms with Crippen LogP contribution in [0.4, 0.5) is 0 Å². The quantitative estimate of drug-likeness (QED) is 0.614. The molecule has 8 heteroatoms. The smallest absolute Gasteiger partial charge is 0.338 e. The van der Waals surface area contributed by atoms with Crippen LogP contribution < -0.4 is 5.73 Å². The first-order valence-corrected chi connectivity index (χ1v) is 8.80. The van der Waals surface area contributed by atoms with Crippen LogP contribution in [0.15, 0.2) is 41.6 Å². The molecule has 2 aliphatic rings. The van der Waals surface area contributed by atoms with E-state index in [-0.39, 0.29) is 24.5 Å². The first kappa shape index (κ1) is 17.5. The molecule has 0 aliphatic carbocycles. The van der Waals surface area contributed by atoms with Crippen molar-refractivity contribution >= 4 is 29.6 Å². The van der Waals surface area contributed by atoms with Crippen molar-refractivity contribution in [2.75, 3.05) is 19.0 Å². The molecule has 0 radical (unpaired) electrons. The first-order chi connectivity index (χ1) is 12.0. The minimum Gasteiger partial charge on any atom is -0.461 e. The molecule has 7 nitrogen and oxygen atoms in total. The third-order valence-corrected chi connectivity index (χ3v) is 5.37. The Morgan fingerprint density at radius 2 is 1.96 bits per heavy atom. The van der Waals surface area contributed by atoms with Gasteiger partial charge in [0, 0.05) is 18.2 Å². The van der Waals surface area contributed by atoms with Gasteiger partial charge in [-0.25, -0.2) is 4.79 Å². The number of nitrogens with zero attached hydrogens (tertiary/aromatic N) is 1. The average Bonchev–Trinajstić information content (AvgIpc) is 2.63. The molecule has 1 fully saturated rings. The number of hydrogen-bond donors (Lipinski definition) is 1. The van der Waals surface area contributed by atoms with Gasteiger partial charge in [-0.05, 0) is 12.1 Å². The molecule has 0 saturated carbocycles. The molecule has 1 aromatic rings. The van der Waals surface area contributed by atoms with Gasteiger partial charge in [0.25, 0.3) is 0 Å². The van der Waals surface area contributed by atoms with E-state index in [1.54, 1.807) is 30.3 Å². The van der Waals surface area contributed by atoms with E-state index in [0.717, 1.165) is 5.57 Å². The molecular formula is C17H18N2O5S. The normalized spacial score (nSPS) is 22.2. The topological polar surface area (TPSA) is 98.9 Å². The number of nitrogens with two attached hydrogens (primary N) is 1. The van der Waals surface area contributed by atoms with Crippen molar-refractivity contribution < 1.29 is 23.9 Å². The van der Waals surface area contributed by atoms with Crippen LogP contribution in [-0.4, -0.2) is 53.1 Å². The number of benzene rings is 1. The van der Waals surface area contributed by atoms with Crippen LogP contribution in [0.2, 0.25) is 0 Å². The molecule has 2 atom stereocenters. The van der Waals surface area contributed by atoms with E-state index in [0.29, 0.717) is 17.0 Å². The Kier molecular flexibility index (Phi) is 5.10. The number of thioether (sulfide) groups is 1. The van der Waals surface area contributed by atoms with Gasteiger partial charge in [-0.3, -0.25) is 14.5 Å². The molecule has 0 spiro atoms. The average molecular weight is 362 g/mol. The monoisotopic (exact) mass is 362 g/mol. The van der Waals surface area contributed by atoms with Crippen molar-refractivity contribution in [1.29, 1.82) is 0 Å². The molecular weight excluding hydrogens is 344 g/mol. The van der Waals surface area contributed by atoms with Gasteiger partial charge in [0.2, 0.25) is 5.91 Å². The predicted octanol–water partition coefficient (Wildman–Crippen LogP) is 0.903. The van der Waals surface area contributed by atoms with E-state index >= 15 is 0 Å². The van der Waals surface area contributed by atoms with Crippen molar-refractivity contribution in [1.82, 2.24) is 4.90 Å². The molecule has 132 valence electrons. The highest BCUT2D eigenvalue weighted by Gasteiger charge is 2.50. The van der Waals surface area contributed by atoms with Crippen molar-refractivity contribution in [3.05, 3.63) is 47.2 Å². The van der Waals surface area contributed by atoms with E-state index in [1.807, 2.05) is 0 Å². The highest BCUT2D eigenvalue weighted by atomic mass is 32.2. The largest absolute Gasteiger partial charge is 0.461 e. The fourth-order valence-electron chi connectivity index (χ4n) is 2.67. The highest BCUT2D eigenvalue weighted by Crippen LogP contribution is 2.39. The van der Waals surface area contributed by atoms with Gasteiger partial charge in [-0.2, -0.15) is 0 Å². The van der Waals surface area contributed by atoms with E-state index in [2.05, 4.69) is 0 Å². The van der Waals surface area contributed by atoms with Crippen LogP contribution in [0.25, 0.3) is 0 Å². The van der Waals surface area contributed by atoms with Gasteiger partial charge < -0.3 is 15.2 Å². The summed E-state index contributed by atoms with van der Waals surface area (Å²) < 4.78 is 10.4. The second kappa shape index (κ2) is 7.28. The minimum atomic E-state index is -0.555. The third-order valence-electron chi connectivity index (χ3n) is 4.01. The standard InChI is InChI=1S/C17H18N2O5S/c1-10(20)23-7-12-9-25-16-14(18)15(21)19(16)13(12)8-24-17(22)11-5-3-2-4-6-11/h2-6,14,16H,7-9,18H2,1H3/t14-,16-/m1/s1. The minimum absolute atomic E-state index is 0.0618. The lowest BCUT2D eigenvalue weighted by atomic mass is 10.0. The second-order valence-corrected chi connectivity index (χ2v) is 6.81. The zero-order chi connectivity index (χ0) is 18.0. The molecule has 0 bridgehead atoms. The van der Waals surface area contributed by atoms with E-state index in [1.165, 1.54) is 23.6 Å². The van der Waals surface area contributed by atoms with Crippen molar-refractivity contribution in [2.45, 2.75) is 18.3 Å². The number of carbonyl (C=O) groups excluding carboxylic acids is 3. The number of ether oxygens (including phenoxy) is 2. The van der Waals surface area contributed by atoms with Gasteiger partial charge >= 0.3 is 11.9 Å². The number of hydrogen-bond acceptors (Lipinski definition) is 7. The number of amides is 1. The van der Waals surface area contributed by atoms with Crippen molar-refractivity contribution in [3.8, 4) is 0 Å². The fourth-order valence-corrected chi connectivity index (χ4v) is 3.99. The molecule has 0 unspecified atom stereocenters. The van der Waals surface area contributed by atoms with Gasteiger partial charge in [0.05, 0.1) is 11.3 Å². The Hall–Kier alpha value is -2.32. The summed E-state index contributed by atoms with van der Waals surface area (Å²) in [4.78, 5) is 36.9. The summed E-state index contributed by atoms with van der Waals surface area (Å²) in [6, 6.07) is 8.04. The van der Waals surface area contributed by atoms with Crippen LogP contribution >= 0.6 is 11.8 Å². The van der Waals surface area contributed by atoms with Gasteiger partial charge in [-0.15, -0.1) is 11.8 Å². The van der Waals surface area contributed by atoms with Crippen LogP contribution in [0.5, 0.6) is 0 Å². The first-order valence-electron chi connectivity index (χ1n) is 7.75. The molecule has 1 aromatic carbocycles. The third kappa shape index (κ3) is 3.54. The Labute approximate surface area is 149 Å². The highest BCUT2D eigenvalue weighted by molar-refractivity contribution is 8.00. The summed E-state index contributed by atoms with van der Waals surface area (Å²) in [6.45, 7) is 1.31. The molecule has 1 saturated heterocycles. The summed E-state index contributed by atoms with van der Waals surface area (Å²) in [6.07, 6.45) is 0. The number of rotatable bonds is 5. The fraction of sp³-hybridized carbons (Fsp3) is 0.353. The summed E-state index contributed by atoms with van der Waals surface area (Å²) in [5.41, 5.74) is 7.56. The number of carbonyl (C=O) groups is 3. The van der Waals surface area contributed by atoms with Crippen LogP contribution in [0.3, 0.4) is 0 Å². The summed E-state index contributed by atoms with van der Waals surface area (Å²) in [7, 11) is 0. The molecule has 25 heavy (non-hydrogen) atoms. The predicted molar refractivity (Wildman–Crippen MR) is 91.5 cm³/mol. The van der Waals surface area contributed by atoms with Crippen molar-refractivity contribution in [3.63, 3.8) is 0 Å². The SMILES string of the molecule is CC(=O)OCC1=C(COC(=O)c2ccccc2)N2C(=O)[C@@H](N)[C@H]2SC1. The molecule has 2 aliphatic heterocycles. The number of fused-ring (bicyclic) bond motifs is 1. The van der Waals surface area contributed by atoms with E-state index < -0.39 is 18.0 Å². The summed E-state index contributed by atoms with van der Waals surface area (Å²) >= 11 is 1.51. The zero-order valence-electron chi connectivity index (χ0n) is 13.6. The molecule has 2 N–H and O–H groups in total. The van der Waals surface area contributed by atoms with Gasteiger partial charge in [-0.1, -0.05) is 18.2 Å². The maximum absolute atomic E-state index is 12.1. The Morgan fingerprint density at radius 3 is 2.64 bits per heavy atom. The Balaban J connectivity index is 1.76. The molecule has 1 amide bonds. The van der Waals surface area contributed by atoms with Crippen molar-refractivity contribution in [2.24, 2.45) is 5.73 Å². The maximum Gasteiger partial charge on any atom is 0.338 e. The molecule has 2 heterocycles. The van der Waals surface area contributed by atoms with Crippen LogP contribution in [0.1, 0.15) is 17.3 Å². The lowest BCUT2D eigenvalue weighted by molar-refractivity contribution is -0.142. The zero-order valence-corrected chi connectivity index (χ0v) is 14.5. The Bertz CT molecular complexity index is 734. The number of β-lactam (4-membered cyclic amide) rings is 1. The van der Waals surface area contributed by atoms with Gasteiger partial charge in [0.15, 0.2) is 0 Å². The molecule has 3 rings (SSSR count).